The third-order valence-corrected chi connectivity index (χ3v) is 3.78. The predicted molar refractivity (Wildman–Crippen MR) is 98.0 cm³/mol. The van der Waals surface area contributed by atoms with E-state index in [1.165, 1.54) is 12.8 Å². The van der Waals surface area contributed by atoms with Gasteiger partial charge in [-0.2, -0.15) is 5.10 Å². The van der Waals surface area contributed by atoms with Gasteiger partial charge in [-0.25, -0.2) is 4.68 Å². The minimum absolute atomic E-state index is 0. The zero-order valence-electron chi connectivity index (χ0n) is 13.8. The predicted octanol–water partition coefficient (Wildman–Crippen LogP) is 1.35. The van der Waals surface area contributed by atoms with Crippen molar-refractivity contribution in [2.75, 3.05) is 25.0 Å². The number of amides is 2. The fourth-order valence-corrected chi connectivity index (χ4v) is 2.28. The Morgan fingerprint density at radius 1 is 1.12 bits per heavy atom. The Morgan fingerprint density at radius 2 is 1.88 bits per heavy atom. The van der Waals surface area contributed by atoms with E-state index in [0.717, 1.165) is 18.2 Å². The summed E-state index contributed by atoms with van der Waals surface area (Å²) in [5.41, 5.74) is 1.59. The van der Waals surface area contributed by atoms with Gasteiger partial charge in [-0.1, -0.05) is 0 Å². The molecule has 7 nitrogen and oxygen atoms in total. The summed E-state index contributed by atoms with van der Waals surface area (Å²) in [5, 5.41) is 12.6. The second kappa shape index (κ2) is 9.19. The smallest absolute Gasteiger partial charge is 0.243 e. The molecule has 1 aliphatic carbocycles. The number of nitrogens with one attached hydrogen (secondary N) is 3. The van der Waals surface area contributed by atoms with Crippen LogP contribution in [0.3, 0.4) is 0 Å². The van der Waals surface area contributed by atoms with Gasteiger partial charge in [0.15, 0.2) is 0 Å². The minimum Gasteiger partial charge on any atom is -0.346 e. The molecule has 1 aromatic carbocycles. The van der Waals surface area contributed by atoms with Crippen molar-refractivity contribution in [1.29, 1.82) is 0 Å². The first-order valence-electron chi connectivity index (χ1n) is 8.08. The quantitative estimate of drug-likeness (QED) is 0.660. The summed E-state index contributed by atoms with van der Waals surface area (Å²) in [6.45, 7) is 1.09. The van der Waals surface area contributed by atoms with Gasteiger partial charge in [0, 0.05) is 18.1 Å². The maximum Gasteiger partial charge on any atom is 0.243 e. The average Bonchev–Trinajstić information content (AvgIpc) is 3.24. The third kappa shape index (κ3) is 6.21. The Labute approximate surface area is 152 Å². The molecule has 0 spiro atoms. The number of hydrogen-bond donors (Lipinski definition) is 3. The fraction of sp³-hybridized carbons (Fsp3) is 0.353. The number of benzene rings is 1. The van der Waals surface area contributed by atoms with Gasteiger partial charge in [-0.15, -0.1) is 12.4 Å². The molecule has 0 atom stereocenters. The maximum atomic E-state index is 11.9. The summed E-state index contributed by atoms with van der Waals surface area (Å²) in [5.74, 6) is 0.308. The number of rotatable bonds is 8. The molecule has 3 N–H and O–H groups in total. The molecule has 0 bridgehead atoms. The minimum atomic E-state index is -0.252. The summed E-state index contributed by atoms with van der Waals surface area (Å²) in [4.78, 5) is 23.5. The molecule has 1 saturated carbocycles. The molecule has 0 aliphatic heterocycles. The molecule has 2 amide bonds. The topological polar surface area (TPSA) is 88.0 Å². The lowest BCUT2D eigenvalue weighted by molar-refractivity contribution is -0.123. The SMILES string of the molecule is Cl.O=C(CNCC1CC1)NCC(=O)Nc1ccc(-n2cccn2)cc1. The Bertz CT molecular complexity index is 684. The Kier molecular flexibility index (Phi) is 6.97. The van der Waals surface area contributed by atoms with Gasteiger partial charge < -0.3 is 16.0 Å². The highest BCUT2D eigenvalue weighted by Gasteiger charge is 2.20. The van der Waals surface area contributed by atoms with Gasteiger partial charge in [0.05, 0.1) is 18.8 Å². The summed E-state index contributed by atoms with van der Waals surface area (Å²) in [6.07, 6.45) is 6.05. The molecule has 0 unspecified atom stereocenters. The van der Waals surface area contributed by atoms with Crippen molar-refractivity contribution >= 4 is 29.9 Å². The van der Waals surface area contributed by atoms with E-state index in [4.69, 9.17) is 0 Å². The Hall–Kier alpha value is -2.38. The summed E-state index contributed by atoms with van der Waals surface area (Å²) in [6, 6.07) is 9.17. The van der Waals surface area contributed by atoms with Crippen LogP contribution in [-0.2, 0) is 9.59 Å². The van der Waals surface area contributed by atoms with Crippen LogP contribution in [0, 0.1) is 5.92 Å². The summed E-state index contributed by atoms with van der Waals surface area (Å²) >= 11 is 0. The number of carbonyl (C=O) groups is 2. The van der Waals surface area contributed by atoms with Gasteiger partial charge in [0.1, 0.15) is 0 Å². The number of halogens is 1. The molecule has 8 heteroatoms. The van der Waals surface area contributed by atoms with Crippen molar-refractivity contribution in [1.82, 2.24) is 20.4 Å². The van der Waals surface area contributed by atoms with Crippen LogP contribution in [0.4, 0.5) is 5.69 Å². The second-order valence-corrected chi connectivity index (χ2v) is 5.90. The molecule has 1 aliphatic rings. The van der Waals surface area contributed by atoms with Crippen molar-refractivity contribution in [3.05, 3.63) is 42.7 Å². The Balaban J connectivity index is 0.00000225. The van der Waals surface area contributed by atoms with Crippen molar-refractivity contribution in [2.24, 2.45) is 5.92 Å². The lowest BCUT2D eigenvalue weighted by atomic mass is 10.3. The molecular formula is C17H22ClN5O2. The van der Waals surface area contributed by atoms with E-state index in [2.05, 4.69) is 21.0 Å². The van der Waals surface area contributed by atoms with Crippen molar-refractivity contribution in [3.8, 4) is 5.69 Å². The monoisotopic (exact) mass is 363 g/mol. The van der Waals surface area contributed by atoms with E-state index in [1.807, 2.05) is 24.4 Å². The van der Waals surface area contributed by atoms with Gasteiger partial charge in [-0.3, -0.25) is 9.59 Å². The summed E-state index contributed by atoms with van der Waals surface area (Å²) in [7, 11) is 0. The van der Waals surface area contributed by atoms with Crippen LogP contribution in [0.2, 0.25) is 0 Å². The van der Waals surface area contributed by atoms with Gasteiger partial charge in [0.2, 0.25) is 11.8 Å². The third-order valence-electron chi connectivity index (χ3n) is 3.78. The van der Waals surface area contributed by atoms with Crippen LogP contribution in [0.25, 0.3) is 5.69 Å². The van der Waals surface area contributed by atoms with E-state index in [1.54, 1.807) is 23.0 Å². The molecule has 1 aromatic heterocycles. The zero-order chi connectivity index (χ0) is 16.8. The standard InChI is InChI=1S/C17H21N5O2.ClH/c23-16(11-18-10-13-2-3-13)19-12-17(24)21-14-4-6-15(7-5-14)22-9-1-8-20-22;/h1,4-9,13,18H,2-3,10-12H2,(H,19,23)(H,21,24);1H. The first kappa shape index (κ1) is 19.0. The largest absolute Gasteiger partial charge is 0.346 e. The molecule has 134 valence electrons. The summed E-state index contributed by atoms with van der Waals surface area (Å²) < 4.78 is 1.74. The lowest BCUT2D eigenvalue weighted by Crippen LogP contribution is -2.38. The van der Waals surface area contributed by atoms with E-state index in [0.29, 0.717) is 5.69 Å². The first-order chi connectivity index (χ1) is 11.7. The molecule has 1 heterocycles. The second-order valence-electron chi connectivity index (χ2n) is 5.90. The Morgan fingerprint density at radius 3 is 2.52 bits per heavy atom. The van der Waals surface area contributed by atoms with E-state index in [9.17, 15) is 9.59 Å². The van der Waals surface area contributed by atoms with E-state index < -0.39 is 0 Å². The van der Waals surface area contributed by atoms with Crippen molar-refractivity contribution in [3.63, 3.8) is 0 Å². The molecule has 0 saturated heterocycles. The lowest BCUT2D eigenvalue weighted by Gasteiger charge is -2.08. The van der Waals surface area contributed by atoms with Crippen LogP contribution < -0.4 is 16.0 Å². The molecular weight excluding hydrogens is 342 g/mol. The van der Waals surface area contributed by atoms with Gasteiger partial charge in [-0.05, 0) is 55.6 Å². The van der Waals surface area contributed by atoms with Crippen LogP contribution in [0.15, 0.2) is 42.7 Å². The van der Waals surface area contributed by atoms with E-state index in [-0.39, 0.29) is 37.3 Å². The first-order valence-corrected chi connectivity index (χ1v) is 8.08. The van der Waals surface area contributed by atoms with Gasteiger partial charge in [0.25, 0.3) is 0 Å². The normalized spacial score (nSPS) is 13.0. The number of nitrogens with zero attached hydrogens (tertiary/aromatic N) is 2. The van der Waals surface area contributed by atoms with Crippen LogP contribution >= 0.6 is 12.4 Å². The molecule has 1 fully saturated rings. The van der Waals surface area contributed by atoms with Crippen molar-refractivity contribution in [2.45, 2.75) is 12.8 Å². The number of hydrogen-bond acceptors (Lipinski definition) is 4. The average molecular weight is 364 g/mol. The zero-order valence-corrected chi connectivity index (χ0v) is 14.6. The molecule has 3 rings (SSSR count). The van der Waals surface area contributed by atoms with Crippen LogP contribution in [-0.4, -0.2) is 41.2 Å². The van der Waals surface area contributed by atoms with Crippen LogP contribution in [0.1, 0.15) is 12.8 Å². The molecule has 25 heavy (non-hydrogen) atoms. The maximum absolute atomic E-state index is 11.9. The van der Waals surface area contributed by atoms with Crippen LogP contribution in [0.5, 0.6) is 0 Å². The van der Waals surface area contributed by atoms with E-state index >= 15 is 0 Å². The highest BCUT2D eigenvalue weighted by Crippen LogP contribution is 2.27. The number of carbonyl (C=O) groups excluding carboxylic acids is 2. The molecule has 2 aromatic rings. The highest BCUT2D eigenvalue weighted by molar-refractivity contribution is 5.94. The number of aromatic nitrogens is 2. The number of anilines is 1. The highest BCUT2D eigenvalue weighted by atomic mass is 35.5. The fourth-order valence-electron chi connectivity index (χ4n) is 2.28. The molecule has 0 radical (unpaired) electrons. The van der Waals surface area contributed by atoms with Gasteiger partial charge >= 0.3 is 0 Å². The van der Waals surface area contributed by atoms with Crippen molar-refractivity contribution < 1.29 is 9.59 Å².